The summed E-state index contributed by atoms with van der Waals surface area (Å²) in [7, 11) is 3.20. The zero-order valence-corrected chi connectivity index (χ0v) is 17.6. The summed E-state index contributed by atoms with van der Waals surface area (Å²) >= 11 is 1.49. The van der Waals surface area contributed by atoms with E-state index < -0.39 is 0 Å². The third-order valence-electron chi connectivity index (χ3n) is 4.73. The molecule has 1 heterocycles. The van der Waals surface area contributed by atoms with Crippen molar-refractivity contribution in [3.8, 4) is 22.1 Å². The van der Waals surface area contributed by atoms with E-state index in [9.17, 15) is 4.79 Å². The summed E-state index contributed by atoms with van der Waals surface area (Å²) in [6, 6.07) is 19.7. The molecule has 0 bridgehead atoms. The van der Waals surface area contributed by atoms with Gasteiger partial charge in [0.2, 0.25) is 0 Å². The van der Waals surface area contributed by atoms with Gasteiger partial charge in [-0.05, 0) is 34.5 Å². The summed E-state index contributed by atoms with van der Waals surface area (Å²) in [6.45, 7) is 0.149. The molecule has 0 radical (unpaired) electrons. The molecule has 4 aromatic rings. The molecule has 4 rings (SSSR count). The highest BCUT2D eigenvalue weighted by Crippen LogP contribution is 2.33. The van der Waals surface area contributed by atoms with Crippen molar-refractivity contribution in [2.24, 2.45) is 0 Å². The van der Waals surface area contributed by atoms with E-state index in [1.165, 1.54) is 11.3 Å². The number of benzene rings is 3. The molecule has 0 aliphatic rings. The van der Waals surface area contributed by atoms with Gasteiger partial charge in [0.1, 0.15) is 11.6 Å². The quantitative estimate of drug-likeness (QED) is 0.382. The Balaban J connectivity index is 1.38. The second-order valence-corrected chi connectivity index (χ2v) is 7.59. The molecule has 6 heteroatoms. The Hall–Kier alpha value is -3.38. The first-order valence-electron chi connectivity index (χ1n) is 9.46. The average molecular weight is 420 g/mol. The zero-order valence-electron chi connectivity index (χ0n) is 16.8. The van der Waals surface area contributed by atoms with E-state index in [-0.39, 0.29) is 19.0 Å². The Kier molecular flexibility index (Phi) is 5.95. The lowest BCUT2D eigenvalue weighted by atomic mass is 10.1. The molecule has 0 saturated heterocycles. The molecule has 0 atom stereocenters. The Morgan fingerprint density at radius 1 is 0.933 bits per heavy atom. The molecule has 0 unspecified atom stereocenters. The van der Waals surface area contributed by atoms with Gasteiger partial charge >= 0.3 is 5.97 Å². The van der Waals surface area contributed by atoms with Crippen LogP contribution in [-0.4, -0.2) is 25.2 Å². The van der Waals surface area contributed by atoms with Crippen molar-refractivity contribution >= 4 is 28.1 Å². The molecule has 0 aliphatic carbocycles. The maximum atomic E-state index is 12.3. The normalized spacial score (nSPS) is 10.7. The second-order valence-electron chi connectivity index (χ2n) is 6.73. The molecule has 0 aliphatic heterocycles. The number of methoxy groups -OCH3 is 2. The van der Waals surface area contributed by atoms with Crippen LogP contribution < -0.4 is 9.47 Å². The number of carbonyl (C=O) groups excluding carboxylic acids is 1. The predicted molar refractivity (Wildman–Crippen MR) is 118 cm³/mol. The monoisotopic (exact) mass is 419 g/mol. The number of hydrogen-bond acceptors (Lipinski definition) is 6. The number of aromatic nitrogens is 1. The minimum atomic E-state index is -0.272. The molecule has 0 saturated carbocycles. The van der Waals surface area contributed by atoms with Crippen LogP contribution in [0.25, 0.3) is 21.3 Å². The SMILES string of the molecule is COc1ccc(-c2nc(COC(=O)Cc3ccc4ccccc4c3)cs2)cc1OC. The van der Waals surface area contributed by atoms with Gasteiger partial charge in [0.15, 0.2) is 11.5 Å². The fraction of sp³-hybridized carbons (Fsp3) is 0.167. The molecule has 3 aromatic carbocycles. The fourth-order valence-electron chi connectivity index (χ4n) is 3.20. The van der Waals surface area contributed by atoms with Gasteiger partial charge in [0.05, 0.1) is 26.3 Å². The summed E-state index contributed by atoms with van der Waals surface area (Å²) in [5, 5.41) is 4.99. The van der Waals surface area contributed by atoms with Gasteiger partial charge in [0.25, 0.3) is 0 Å². The number of carbonyl (C=O) groups is 1. The Labute approximate surface area is 178 Å². The van der Waals surface area contributed by atoms with Crippen LogP contribution in [0.4, 0.5) is 0 Å². The van der Waals surface area contributed by atoms with Crippen LogP contribution in [0.2, 0.25) is 0 Å². The van der Waals surface area contributed by atoms with Crippen LogP contribution in [0.3, 0.4) is 0 Å². The maximum Gasteiger partial charge on any atom is 0.310 e. The zero-order chi connectivity index (χ0) is 20.9. The van der Waals surface area contributed by atoms with Gasteiger partial charge in [-0.3, -0.25) is 4.79 Å². The molecule has 1 aromatic heterocycles. The van der Waals surface area contributed by atoms with Gasteiger partial charge in [0, 0.05) is 10.9 Å². The van der Waals surface area contributed by atoms with E-state index in [0.29, 0.717) is 11.5 Å². The average Bonchev–Trinajstić information content (AvgIpc) is 3.26. The second kappa shape index (κ2) is 8.97. The largest absolute Gasteiger partial charge is 0.493 e. The van der Waals surface area contributed by atoms with Crippen molar-refractivity contribution in [1.29, 1.82) is 0 Å². The standard InChI is InChI=1S/C24H21NO4S/c1-27-21-10-9-19(13-22(21)28-2)24-25-20(15-30-24)14-29-23(26)12-16-7-8-17-5-3-4-6-18(17)11-16/h3-11,13,15H,12,14H2,1-2H3. The Morgan fingerprint density at radius 3 is 2.53 bits per heavy atom. The smallest absolute Gasteiger partial charge is 0.310 e. The van der Waals surface area contributed by atoms with E-state index in [1.54, 1.807) is 14.2 Å². The minimum Gasteiger partial charge on any atom is -0.493 e. The minimum absolute atomic E-state index is 0.149. The van der Waals surface area contributed by atoms with Crippen molar-refractivity contribution in [2.45, 2.75) is 13.0 Å². The van der Waals surface area contributed by atoms with Crippen molar-refractivity contribution in [3.63, 3.8) is 0 Å². The molecule has 152 valence electrons. The van der Waals surface area contributed by atoms with E-state index in [0.717, 1.165) is 32.6 Å². The van der Waals surface area contributed by atoms with E-state index in [4.69, 9.17) is 14.2 Å². The number of esters is 1. The number of nitrogens with zero attached hydrogens (tertiary/aromatic N) is 1. The molecule has 0 fully saturated rings. The summed E-state index contributed by atoms with van der Waals surface area (Å²) in [6.07, 6.45) is 0.234. The Bertz CT molecular complexity index is 1180. The molecule has 0 spiro atoms. The molecule has 5 nitrogen and oxygen atoms in total. The van der Waals surface area contributed by atoms with Crippen molar-refractivity contribution in [2.75, 3.05) is 14.2 Å². The topological polar surface area (TPSA) is 57.7 Å². The summed E-state index contributed by atoms with van der Waals surface area (Å²) in [5.74, 6) is 1.04. The van der Waals surface area contributed by atoms with Crippen LogP contribution in [0.5, 0.6) is 11.5 Å². The fourth-order valence-corrected chi connectivity index (χ4v) is 4.00. The molecular formula is C24H21NO4S. The van der Waals surface area contributed by atoms with Crippen LogP contribution in [-0.2, 0) is 22.6 Å². The molecule has 0 N–H and O–H groups in total. The lowest BCUT2D eigenvalue weighted by Gasteiger charge is -2.08. The number of hydrogen-bond donors (Lipinski definition) is 0. The predicted octanol–water partition coefficient (Wildman–Crippen LogP) is 5.27. The van der Waals surface area contributed by atoms with Crippen molar-refractivity contribution in [1.82, 2.24) is 4.98 Å². The van der Waals surface area contributed by atoms with Crippen LogP contribution >= 0.6 is 11.3 Å². The first kappa shape index (κ1) is 19.9. The summed E-state index contributed by atoms with van der Waals surface area (Å²) in [5.41, 5.74) is 2.58. The van der Waals surface area contributed by atoms with E-state index in [2.05, 4.69) is 11.1 Å². The number of ether oxygens (including phenoxy) is 3. The first-order valence-corrected chi connectivity index (χ1v) is 10.3. The molecule has 30 heavy (non-hydrogen) atoms. The highest BCUT2D eigenvalue weighted by atomic mass is 32.1. The maximum absolute atomic E-state index is 12.3. The van der Waals surface area contributed by atoms with Crippen molar-refractivity contribution < 1.29 is 19.0 Å². The third kappa shape index (κ3) is 4.44. The molecule has 0 amide bonds. The highest BCUT2D eigenvalue weighted by Gasteiger charge is 2.11. The van der Waals surface area contributed by atoms with Crippen LogP contribution in [0.15, 0.2) is 66.0 Å². The van der Waals surface area contributed by atoms with E-state index in [1.807, 2.05) is 60.0 Å². The summed E-state index contributed by atoms with van der Waals surface area (Å²) in [4.78, 5) is 16.9. The Morgan fingerprint density at radius 2 is 1.73 bits per heavy atom. The third-order valence-corrected chi connectivity index (χ3v) is 5.67. The number of rotatable bonds is 7. The van der Waals surface area contributed by atoms with Crippen LogP contribution in [0, 0.1) is 0 Å². The van der Waals surface area contributed by atoms with Crippen molar-refractivity contribution in [3.05, 3.63) is 77.3 Å². The van der Waals surface area contributed by atoms with Gasteiger partial charge in [-0.1, -0.05) is 42.5 Å². The lowest BCUT2D eigenvalue weighted by molar-refractivity contribution is -0.144. The van der Waals surface area contributed by atoms with Gasteiger partial charge < -0.3 is 14.2 Å². The van der Waals surface area contributed by atoms with Crippen LogP contribution in [0.1, 0.15) is 11.3 Å². The highest BCUT2D eigenvalue weighted by molar-refractivity contribution is 7.13. The number of fused-ring (bicyclic) bond motifs is 1. The molecular weight excluding hydrogens is 398 g/mol. The lowest BCUT2D eigenvalue weighted by Crippen LogP contribution is -2.08. The summed E-state index contributed by atoms with van der Waals surface area (Å²) < 4.78 is 16.1. The number of thiazole rings is 1. The van der Waals surface area contributed by atoms with Gasteiger partial charge in [-0.15, -0.1) is 11.3 Å². The van der Waals surface area contributed by atoms with E-state index >= 15 is 0 Å². The first-order chi connectivity index (χ1) is 14.7. The van der Waals surface area contributed by atoms with Gasteiger partial charge in [-0.2, -0.15) is 0 Å². The van der Waals surface area contributed by atoms with Gasteiger partial charge in [-0.25, -0.2) is 4.98 Å².